The fraction of sp³-hybridized carbons (Fsp3) is 1.00. The number of aliphatic hydroxyl groups excluding tert-OH is 1. The number of hydrogen-bond donors (Lipinski definition) is 3. The first-order chi connectivity index (χ1) is 4.84. The van der Waals surface area contributed by atoms with Crippen LogP contribution >= 0.6 is 12.4 Å². The van der Waals surface area contributed by atoms with Crippen molar-refractivity contribution in [3.05, 3.63) is 0 Å². The molecule has 1 saturated heterocycles. The van der Waals surface area contributed by atoms with Gasteiger partial charge in [0.15, 0.2) is 0 Å². The molecule has 1 unspecified atom stereocenters. The molecule has 0 aromatic heterocycles. The molecule has 4 heteroatoms. The number of nitrogens with two attached hydrogens (primary N) is 1. The van der Waals surface area contributed by atoms with E-state index in [4.69, 9.17) is 10.8 Å². The van der Waals surface area contributed by atoms with Crippen LogP contribution in [-0.4, -0.2) is 30.8 Å². The maximum absolute atomic E-state index is 8.74. The second kappa shape index (κ2) is 5.77. The van der Waals surface area contributed by atoms with Crippen LogP contribution in [0.25, 0.3) is 0 Å². The van der Waals surface area contributed by atoms with Gasteiger partial charge in [-0.3, -0.25) is 0 Å². The van der Waals surface area contributed by atoms with Gasteiger partial charge in [0.25, 0.3) is 0 Å². The van der Waals surface area contributed by atoms with Gasteiger partial charge >= 0.3 is 0 Å². The highest BCUT2D eigenvalue weighted by Gasteiger charge is 2.18. The lowest BCUT2D eigenvalue weighted by Gasteiger charge is -2.26. The zero-order valence-electron chi connectivity index (χ0n) is 6.62. The van der Waals surface area contributed by atoms with Crippen molar-refractivity contribution in [3.63, 3.8) is 0 Å². The maximum atomic E-state index is 8.74. The quantitative estimate of drug-likeness (QED) is 0.549. The Labute approximate surface area is 73.8 Å². The molecule has 1 atom stereocenters. The molecule has 1 aliphatic rings. The number of hydrogen-bond acceptors (Lipinski definition) is 3. The average molecular weight is 181 g/mol. The SMILES string of the molecule is Cl.NC(CO)C1CCNCC1. The number of rotatable bonds is 2. The van der Waals surface area contributed by atoms with Gasteiger partial charge in [-0.1, -0.05) is 0 Å². The summed E-state index contributed by atoms with van der Waals surface area (Å²) in [6.45, 7) is 2.24. The lowest BCUT2D eigenvalue weighted by Crippen LogP contribution is -2.40. The van der Waals surface area contributed by atoms with Crippen LogP contribution in [-0.2, 0) is 0 Å². The second-order valence-electron chi connectivity index (χ2n) is 2.93. The first kappa shape index (κ1) is 11.2. The van der Waals surface area contributed by atoms with E-state index < -0.39 is 0 Å². The second-order valence-corrected chi connectivity index (χ2v) is 2.93. The van der Waals surface area contributed by atoms with E-state index in [2.05, 4.69) is 5.32 Å². The molecule has 0 aliphatic carbocycles. The summed E-state index contributed by atoms with van der Waals surface area (Å²) in [5.74, 6) is 0.534. The lowest BCUT2D eigenvalue weighted by molar-refractivity contribution is 0.203. The predicted octanol–water partition coefficient (Wildman–Crippen LogP) is -0.273. The van der Waals surface area contributed by atoms with Crippen LogP contribution < -0.4 is 11.1 Å². The minimum atomic E-state index is 0. The van der Waals surface area contributed by atoms with Crippen LogP contribution in [0.15, 0.2) is 0 Å². The lowest BCUT2D eigenvalue weighted by atomic mass is 9.91. The standard InChI is InChI=1S/C7H16N2O.ClH/c8-7(5-10)6-1-3-9-4-2-6;/h6-7,9-10H,1-5,8H2;1H. The molecule has 1 fully saturated rings. The molecule has 0 bridgehead atoms. The van der Waals surface area contributed by atoms with Crippen LogP contribution in [0.2, 0.25) is 0 Å². The summed E-state index contributed by atoms with van der Waals surface area (Å²) in [5.41, 5.74) is 5.67. The van der Waals surface area contributed by atoms with Crippen molar-refractivity contribution in [1.82, 2.24) is 5.32 Å². The van der Waals surface area contributed by atoms with Gasteiger partial charge in [0, 0.05) is 6.04 Å². The van der Waals surface area contributed by atoms with Gasteiger partial charge in [0.05, 0.1) is 6.61 Å². The van der Waals surface area contributed by atoms with Crippen LogP contribution in [0.1, 0.15) is 12.8 Å². The smallest absolute Gasteiger partial charge is 0.0585 e. The fourth-order valence-electron chi connectivity index (χ4n) is 1.42. The molecule has 1 rings (SSSR count). The van der Waals surface area contributed by atoms with Crippen LogP contribution in [0.5, 0.6) is 0 Å². The van der Waals surface area contributed by atoms with Crippen molar-refractivity contribution in [3.8, 4) is 0 Å². The van der Waals surface area contributed by atoms with Crippen molar-refractivity contribution < 1.29 is 5.11 Å². The minimum Gasteiger partial charge on any atom is -0.395 e. The number of piperidine rings is 1. The Hall–Kier alpha value is 0.170. The third-order valence-corrected chi connectivity index (χ3v) is 2.20. The molecule has 1 heterocycles. The average Bonchev–Trinajstić information content (AvgIpc) is 2.05. The molecule has 0 saturated carbocycles. The highest BCUT2D eigenvalue weighted by Crippen LogP contribution is 2.13. The van der Waals surface area contributed by atoms with Crippen LogP contribution in [0, 0.1) is 5.92 Å². The summed E-state index contributed by atoms with van der Waals surface area (Å²) in [7, 11) is 0. The van der Waals surface area contributed by atoms with Gasteiger partial charge < -0.3 is 16.2 Å². The van der Waals surface area contributed by atoms with E-state index in [0.29, 0.717) is 5.92 Å². The normalized spacial score (nSPS) is 22.4. The van der Waals surface area contributed by atoms with E-state index in [0.717, 1.165) is 25.9 Å². The van der Waals surface area contributed by atoms with E-state index in [1.54, 1.807) is 0 Å². The van der Waals surface area contributed by atoms with Crippen molar-refractivity contribution in [1.29, 1.82) is 0 Å². The summed E-state index contributed by atoms with van der Waals surface area (Å²) in [4.78, 5) is 0. The Balaban J connectivity index is 0.000001000. The van der Waals surface area contributed by atoms with Crippen molar-refractivity contribution >= 4 is 12.4 Å². The molecular weight excluding hydrogens is 164 g/mol. The van der Waals surface area contributed by atoms with Gasteiger partial charge in [0.2, 0.25) is 0 Å². The van der Waals surface area contributed by atoms with E-state index in [1.165, 1.54) is 0 Å². The highest BCUT2D eigenvalue weighted by molar-refractivity contribution is 5.85. The Morgan fingerprint density at radius 3 is 2.45 bits per heavy atom. The third kappa shape index (κ3) is 3.38. The summed E-state index contributed by atoms with van der Waals surface area (Å²) in [6, 6.07) is 0.00194. The zero-order chi connectivity index (χ0) is 7.40. The van der Waals surface area contributed by atoms with E-state index in [9.17, 15) is 0 Å². The Bertz CT molecular complexity index is 96.4. The van der Waals surface area contributed by atoms with Gasteiger partial charge in [0.1, 0.15) is 0 Å². The molecule has 4 N–H and O–H groups in total. The van der Waals surface area contributed by atoms with Crippen molar-refractivity contribution in [2.24, 2.45) is 11.7 Å². The predicted molar refractivity (Wildman–Crippen MR) is 47.9 cm³/mol. The molecule has 0 aromatic rings. The van der Waals surface area contributed by atoms with E-state index in [1.807, 2.05) is 0 Å². The molecule has 1 aliphatic heterocycles. The molecular formula is C7H17ClN2O. The molecule has 0 radical (unpaired) electrons. The van der Waals surface area contributed by atoms with Crippen LogP contribution in [0.4, 0.5) is 0 Å². The summed E-state index contributed by atoms with van der Waals surface area (Å²) in [5, 5.41) is 12.0. The largest absolute Gasteiger partial charge is 0.395 e. The highest BCUT2D eigenvalue weighted by atomic mass is 35.5. The number of halogens is 1. The molecule has 0 spiro atoms. The summed E-state index contributed by atoms with van der Waals surface area (Å²) in [6.07, 6.45) is 2.23. The maximum Gasteiger partial charge on any atom is 0.0585 e. The summed E-state index contributed by atoms with van der Waals surface area (Å²) >= 11 is 0. The molecule has 0 aromatic carbocycles. The molecule has 68 valence electrons. The Morgan fingerprint density at radius 2 is 2.00 bits per heavy atom. The zero-order valence-corrected chi connectivity index (χ0v) is 7.44. The van der Waals surface area contributed by atoms with Crippen molar-refractivity contribution in [2.45, 2.75) is 18.9 Å². The number of aliphatic hydroxyl groups is 1. The van der Waals surface area contributed by atoms with Crippen LogP contribution in [0.3, 0.4) is 0 Å². The summed E-state index contributed by atoms with van der Waals surface area (Å²) < 4.78 is 0. The molecule has 3 nitrogen and oxygen atoms in total. The van der Waals surface area contributed by atoms with Gasteiger partial charge in [-0.15, -0.1) is 12.4 Å². The van der Waals surface area contributed by atoms with E-state index >= 15 is 0 Å². The molecule has 0 amide bonds. The third-order valence-electron chi connectivity index (χ3n) is 2.20. The van der Waals surface area contributed by atoms with Crippen molar-refractivity contribution in [2.75, 3.05) is 19.7 Å². The van der Waals surface area contributed by atoms with Gasteiger partial charge in [-0.05, 0) is 31.8 Å². The molecule has 11 heavy (non-hydrogen) atoms. The van der Waals surface area contributed by atoms with Gasteiger partial charge in [-0.25, -0.2) is 0 Å². The Morgan fingerprint density at radius 1 is 1.45 bits per heavy atom. The first-order valence-corrected chi connectivity index (χ1v) is 3.91. The minimum absolute atomic E-state index is 0. The fourth-order valence-corrected chi connectivity index (χ4v) is 1.42. The van der Waals surface area contributed by atoms with E-state index in [-0.39, 0.29) is 25.1 Å². The van der Waals surface area contributed by atoms with Gasteiger partial charge in [-0.2, -0.15) is 0 Å². The Kier molecular flexibility index (Phi) is 5.86. The monoisotopic (exact) mass is 180 g/mol. The number of nitrogens with one attached hydrogen (secondary N) is 1. The first-order valence-electron chi connectivity index (χ1n) is 3.91. The topological polar surface area (TPSA) is 58.3 Å².